The van der Waals surface area contributed by atoms with E-state index in [2.05, 4.69) is 0 Å². The molecule has 0 spiro atoms. The van der Waals surface area contributed by atoms with Gasteiger partial charge in [-0.05, 0) is 0 Å². The van der Waals surface area contributed by atoms with E-state index in [0.717, 1.165) is 6.07 Å². The zero-order valence-corrected chi connectivity index (χ0v) is 11.1. The lowest BCUT2D eigenvalue weighted by Gasteiger charge is -2.12. The number of rotatable bonds is 3. The minimum absolute atomic E-state index is 0.121. The average Bonchev–Trinajstić information content (AvgIpc) is 2.30. The standard InChI is InChI=1S/C10H13NO4S2/c1-11(2)10(16)17-5-8-9(14)7(13)3-6(4-12)15-8/h3,12,14H,4-5H2,1-2H3. The monoisotopic (exact) mass is 275 g/mol. The van der Waals surface area contributed by atoms with Gasteiger partial charge in [0.1, 0.15) is 16.7 Å². The third kappa shape index (κ3) is 3.72. The van der Waals surface area contributed by atoms with Crippen molar-refractivity contribution in [1.82, 2.24) is 4.90 Å². The van der Waals surface area contributed by atoms with Crippen LogP contribution in [0.15, 0.2) is 15.3 Å². The van der Waals surface area contributed by atoms with E-state index in [0.29, 0.717) is 4.32 Å². The highest BCUT2D eigenvalue weighted by molar-refractivity contribution is 8.22. The molecule has 17 heavy (non-hydrogen) atoms. The molecule has 0 aliphatic rings. The van der Waals surface area contributed by atoms with Gasteiger partial charge in [-0.3, -0.25) is 4.79 Å². The Labute approximate surface area is 108 Å². The van der Waals surface area contributed by atoms with Crippen molar-refractivity contribution in [3.05, 3.63) is 27.8 Å². The van der Waals surface area contributed by atoms with Crippen molar-refractivity contribution < 1.29 is 14.6 Å². The molecule has 0 saturated heterocycles. The minimum atomic E-state index is -0.563. The first-order chi connectivity index (χ1) is 7.95. The Bertz CT molecular complexity index is 470. The smallest absolute Gasteiger partial charge is 0.227 e. The highest BCUT2D eigenvalue weighted by Gasteiger charge is 2.12. The topological polar surface area (TPSA) is 73.9 Å². The van der Waals surface area contributed by atoms with Gasteiger partial charge in [-0.2, -0.15) is 0 Å². The molecule has 0 atom stereocenters. The summed E-state index contributed by atoms with van der Waals surface area (Å²) in [6.07, 6.45) is 0. The fourth-order valence-corrected chi connectivity index (χ4v) is 1.91. The molecular weight excluding hydrogens is 262 g/mol. The van der Waals surface area contributed by atoms with Crippen LogP contribution in [0.5, 0.6) is 5.75 Å². The van der Waals surface area contributed by atoms with Gasteiger partial charge in [0.05, 0.1) is 5.75 Å². The Balaban J connectivity index is 2.87. The minimum Gasteiger partial charge on any atom is -0.502 e. The number of aliphatic hydroxyl groups excluding tert-OH is 1. The van der Waals surface area contributed by atoms with Crippen molar-refractivity contribution in [3.8, 4) is 5.75 Å². The van der Waals surface area contributed by atoms with E-state index in [1.54, 1.807) is 19.0 Å². The van der Waals surface area contributed by atoms with Crippen LogP contribution in [0.2, 0.25) is 0 Å². The Morgan fingerprint density at radius 3 is 2.76 bits per heavy atom. The summed E-state index contributed by atoms with van der Waals surface area (Å²) < 4.78 is 5.78. The molecule has 0 aromatic carbocycles. The van der Waals surface area contributed by atoms with Crippen LogP contribution in [0.25, 0.3) is 0 Å². The summed E-state index contributed by atoms with van der Waals surface area (Å²) in [7, 11) is 3.60. The van der Waals surface area contributed by atoms with E-state index in [1.165, 1.54) is 11.8 Å². The van der Waals surface area contributed by atoms with Crippen LogP contribution >= 0.6 is 24.0 Å². The molecule has 0 amide bonds. The lowest BCUT2D eigenvalue weighted by atomic mass is 10.3. The molecule has 0 aliphatic heterocycles. The van der Waals surface area contributed by atoms with Crippen molar-refractivity contribution >= 4 is 28.3 Å². The summed E-state index contributed by atoms with van der Waals surface area (Å²) >= 11 is 6.32. The Morgan fingerprint density at radius 1 is 1.59 bits per heavy atom. The molecule has 1 aromatic heterocycles. The summed E-state index contributed by atoms with van der Waals surface area (Å²) in [5.74, 6) is 0.0533. The predicted molar refractivity (Wildman–Crippen MR) is 70.1 cm³/mol. The van der Waals surface area contributed by atoms with Crippen LogP contribution in [-0.4, -0.2) is 33.5 Å². The number of nitrogens with zero attached hydrogens (tertiary/aromatic N) is 1. The molecular formula is C10H13NO4S2. The van der Waals surface area contributed by atoms with E-state index in [4.69, 9.17) is 21.7 Å². The second kappa shape index (κ2) is 6.04. The summed E-state index contributed by atoms with van der Waals surface area (Å²) in [6, 6.07) is 1.06. The van der Waals surface area contributed by atoms with Crippen LogP contribution in [0.3, 0.4) is 0 Å². The molecule has 1 aromatic rings. The van der Waals surface area contributed by atoms with Crippen molar-refractivity contribution in [2.75, 3.05) is 14.1 Å². The Kier molecular flexibility index (Phi) is 4.98. The van der Waals surface area contributed by atoms with Gasteiger partial charge in [-0.25, -0.2) is 0 Å². The highest BCUT2D eigenvalue weighted by Crippen LogP contribution is 2.21. The van der Waals surface area contributed by atoms with Gasteiger partial charge in [0.25, 0.3) is 0 Å². The zero-order chi connectivity index (χ0) is 13.0. The van der Waals surface area contributed by atoms with E-state index in [9.17, 15) is 9.90 Å². The largest absolute Gasteiger partial charge is 0.502 e. The van der Waals surface area contributed by atoms with Gasteiger partial charge in [-0.15, -0.1) is 0 Å². The molecule has 0 fully saturated rings. The number of hydrogen-bond donors (Lipinski definition) is 2. The van der Waals surface area contributed by atoms with Crippen LogP contribution < -0.4 is 5.43 Å². The molecule has 0 bridgehead atoms. The molecule has 7 heteroatoms. The first-order valence-electron chi connectivity index (χ1n) is 4.75. The molecule has 1 rings (SSSR count). The lowest BCUT2D eigenvalue weighted by molar-refractivity contribution is 0.237. The van der Waals surface area contributed by atoms with Gasteiger partial charge in [0.2, 0.25) is 11.2 Å². The summed E-state index contributed by atoms with van der Waals surface area (Å²) in [5.41, 5.74) is -0.563. The highest BCUT2D eigenvalue weighted by atomic mass is 32.2. The summed E-state index contributed by atoms with van der Waals surface area (Å²) in [5, 5.41) is 18.4. The van der Waals surface area contributed by atoms with Gasteiger partial charge in [0, 0.05) is 20.2 Å². The maximum Gasteiger partial charge on any atom is 0.227 e. The quantitative estimate of drug-likeness (QED) is 0.794. The van der Waals surface area contributed by atoms with Crippen molar-refractivity contribution in [1.29, 1.82) is 0 Å². The number of hydrogen-bond acceptors (Lipinski definition) is 6. The first kappa shape index (κ1) is 14.0. The molecule has 0 saturated carbocycles. The van der Waals surface area contributed by atoms with Gasteiger partial charge < -0.3 is 19.5 Å². The Hall–Kier alpha value is -1.05. The van der Waals surface area contributed by atoms with Crippen LogP contribution in [0.4, 0.5) is 0 Å². The van der Waals surface area contributed by atoms with Crippen LogP contribution in [0, 0.1) is 0 Å². The SMILES string of the molecule is CN(C)C(=S)SCc1oc(CO)cc(=O)c1O. The second-order valence-electron chi connectivity index (χ2n) is 3.46. The van der Waals surface area contributed by atoms with Gasteiger partial charge >= 0.3 is 0 Å². The zero-order valence-electron chi connectivity index (χ0n) is 9.47. The molecule has 2 N–H and O–H groups in total. The van der Waals surface area contributed by atoms with E-state index < -0.39 is 11.2 Å². The maximum absolute atomic E-state index is 11.3. The van der Waals surface area contributed by atoms with Crippen molar-refractivity contribution in [2.24, 2.45) is 0 Å². The van der Waals surface area contributed by atoms with E-state index in [-0.39, 0.29) is 23.9 Å². The van der Waals surface area contributed by atoms with Crippen molar-refractivity contribution in [3.63, 3.8) is 0 Å². The summed E-state index contributed by atoms with van der Waals surface area (Å²) in [6.45, 7) is -0.384. The summed E-state index contributed by atoms with van der Waals surface area (Å²) in [4.78, 5) is 13.1. The van der Waals surface area contributed by atoms with Gasteiger partial charge in [-0.1, -0.05) is 24.0 Å². The van der Waals surface area contributed by atoms with E-state index in [1.807, 2.05) is 0 Å². The number of thioether (sulfide) groups is 1. The first-order valence-corrected chi connectivity index (χ1v) is 6.15. The third-order valence-corrected chi connectivity index (χ3v) is 3.63. The molecule has 94 valence electrons. The molecule has 5 nitrogen and oxygen atoms in total. The van der Waals surface area contributed by atoms with Crippen molar-refractivity contribution in [2.45, 2.75) is 12.4 Å². The predicted octanol–water partition coefficient (Wildman–Crippen LogP) is 0.917. The van der Waals surface area contributed by atoms with Crippen LogP contribution in [0.1, 0.15) is 11.5 Å². The molecule has 0 aliphatic carbocycles. The third-order valence-electron chi connectivity index (χ3n) is 1.89. The Morgan fingerprint density at radius 2 is 2.24 bits per heavy atom. The van der Waals surface area contributed by atoms with Crippen LogP contribution in [-0.2, 0) is 12.4 Å². The maximum atomic E-state index is 11.3. The second-order valence-corrected chi connectivity index (χ2v) is 5.07. The number of thiocarbonyl (C=S) groups is 1. The molecule has 0 radical (unpaired) electrons. The van der Waals surface area contributed by atoms with Gasteiger partial charge in [0.15, 0.2) is 5.76 Å². The number of aliphatic hydroxyl groups is 1. The fraction of sp³-hybridized carbons (Fsp3) is 0.400. The lowest BCUT2D eigenvalue weighted by Crippen LogP contribution is -2.16. The molecule has 0 unspecified atom stereocenters. The normalized spacial score (nSPS) is 10.3. The molecule has 1 heterocycles. The number of aromatic hydroxyl groups is 1. The van der Waals surface area contributed by atoms with E-state index >= 15 is 0 Å². The fourth-order valence-electron chi connectivity index (χ4n) is 1.02. The average molecular weight is 275 g/mol.